The Bertz CT molecular complexity index is 1100. The van der Waals surface area contributed by atoms with Gasteiger partial charge in [0.2, 0.25) is 5.91 Å². The molecule has 4 heterocycles. The van der Waals surface area contributed by atoms with Crippen molar-refractivity contribution in [3.63, 3.8) is 0 Å². The van der Waals surface area contributed by atoms with Crippen molar-refractivity contribution >= 4 is 28.3 Å². The summed E-state index contributed by atoms with van der Waals surface area (Å²) < 4.78 is 1.25. The van der Waals surface area contributed by atoms with Crippen LogP contribution >= 0.6 is 0 Å². The molecule has 1 aromatic heterocycles. The summed E-state index contributed by atoms with van der Waals surface area (Å²) in [7, 11) is 0. The molecule has 1 unspecified atom stereocenters. The first-order valence-corrected chi connectivity index (χ1v) is 11.6. The second-order valence-electron chi connectivity index (χ2n) is 9.04. The third kappa shape index (κ3) is 3.91. The predicted octanol–water partition coefficient (Wildman–Crippen LogP) is 0.557. The van der Waals surface area contributed by atoms with E-state index in [0.717, 1.165) is 63.2 Å². The number of carbonyl (C=O) groups is 2. The van der Waals surface area contributed by atoms with Crippen LogP contribution in [0.1, 0.15) is 37.4 Å². The van der Waals surface area contributed by atoms with Crippen molar-refractivity contribution in [2.75, 3.05) is 44.2 Å². The maximum atomic E-state index is 13.1. The molecule has 0 radical (unpaired) electrons. The van der Waals surface area contributed by atoms with Gasteiger partial charge in [0.05, 0.1) is 11.1 Å². The number of rotatable bonds is 3. The van der Waals surface area contributed by atoms with Crippen molar-refractivity contribution in [1.82, 2.24) is 25.3 Å². The Hall–Kier alpha value is -2.78. The number of fused-ring (bicyclic) bond motifs is 1. The number of benzene rings is 1. The molecule has 3 aliphatic heterocycles. The zero-order valence-electron chi connectivity index (χ0n) is 18.5. The molecule has 32 heavy (non-hydrogen) atoms. The number of nitrogens with one attached hydrogen (secondary N) is 2. The lowest BCUT2D eigenvalue weighted by Crippen LogP contribution is -2.52. The van der Waals surface area contributed by atoms with Gasteiger partial charge in [0.15, 0.2) is 0 Å². The highest BCUT2D eigenvalue weighted by atomic mass is 16.2. The molecular weight excluding hydrogens is 408 g/mol. The average Bonchev–Trinajstić information content (AvgIpc) is 2.82. The number of aromatic nitrogens is 2. The monoisotopic (exact) mass is 438 g/mol. The van der Waals surface area contributed by atoms with Crippen LogP contribution in [0.25, 0.3) is 10.8 Å². The van der Waals surface area contributed by atoms with E-state index in [4.69, 9.17) is 0 Å². The molecule has 0 aliphatic carbocycles. The number of carbonyl (C=O) groups excluding carboxylic acids is 2. The molecule has 1 atom stereocenters. The zero-order valence-corrected chi connectivity index (χ0v) is 18.5. The van der Waals surface area contributed by atoms with E-state index in [9.17, 15) is 14.4 Å². The van der Waals surface area contributed by atoms with Crippen LogP contribution in [0, 0.1) is 6.92 Å². The molecule has 5 rings (SSSR count). The third-order valence-corrected chi connectivity index (χ3v) is 7.09. The van der Waals surface area contributed by atoms with Gasteiger partial charge in [-0.3, -0.25) is 24.6 Å². The smallest absolute Gasteiger partial charge is 0.275 e. The van der Waals surface area contributed by atoms with Crippen LogP contribution in [0.15, 0.2) is 23.0 Å². The predicted molar refractivity (Wildman–Crippen MR) is 122 cm³/mol. The van der Waals surface area contributed by atoms with Gasteiger partial charge in [-0.15, -0.1) is 0 Å². The number of hydrogen-bond acceptors (Lipinski definition) is 7. The molecule has 9 nitrogen and oxygen atoms in total. The summed E-state index contributed by atoms with van der Waals surface area (Å²) in [5.74, 6) is -0.763. The summed E-state index contributed by atoms with van der Waals surface area (Å²) in [5.41, 5.74) is 1.53. The van der Waals surface area contributed by atoms with Crippen molar-refractivity contribution in [1.29, 1.82) is 0 Å². The van der Waals surface area contributed by atoms with Crippen molar-refractivity contribution < 1.29 is 9.59 Å². The second-order valence-corrected chi connectivity index (χ2v) is 9.04. The molecule has 2 N–H and O–H groups in total. The Morgan fingerprint density at radius 2 is 1.72 bits per heavy atom. The lowest BCUT2D eigenvalue weighted by molar-refractivity contribution is -0.136. The molecule has 3 saturated heterocycles. The maximum Gasteiger partial charge on any atom is 0.275 e. The van der Waals surface area contributed by atoms with Crippen LogP contribution in [0.5, 0.6) is 0 Å². The first kappa shape index (κ1) is 21.1. The number of imide groups is 1. The SMILES string of the molecule is Cc1nn(C2CCC(=O)NC2=O)c(=O)c2ccc(N3CCC(N4CCNCC4)CC3)cc12. The molecule has 170 valence electrons. The van der Waals surface area contributed by atoms with Crippen LogP contribution in [0.3, 0.4) is 0 Å². The minimum Gasteiger partial charge on any atom is -0.371 e. The number of anilines is 1. The average molecular weight is 439 g/mol. The van der Waals surface area contributed by atoms with Crippen LogP contribution in [-0.4, -0.2) is 71.8 Å². The van der Waals surface area contributed by atoms with Gasteiger partial charge in [-0.1, -0.05) is 0 Å². The number of piperazine rings is 1. The van der Waals surface area contributed by atoms with E-state index in [1.165, 1.54) is 4.68 Å². The number of amides is 2. The quantitative estimate of drug-likeness (QED) is 0.676. The minimum atomic E-state index is -0.744. The van der Waals surface area contributed by atoms with Crippen LogP contribution in [-0.2, 0) is 9.59 Å². The number of piperidine rings is 2. The topological polar surface area (TPSA) is 99.6 Å². The van der Waals surface area contributed by atoms with E-state index in [1.54, 1.807) is 0 Å². The van der Waals surface area contributed by atoms with E-state index in [1.807, 2.05) is 19.1 Å². The molecule has 9 heteroatoms. The van der Waals surface area contributed by atoms with Crippen molar-refractivity contribution in [3.8, 4) is 0 Å². The Morgan fingerprint density at radius 1 is 0.969 bits per heavy atom. The lowest BCUT2D eigenvalue weighted by atomic mass is 10.0. The summed E-state index contributed by atoms with van der Waals surface area (Å²) in [4.78, 5) is 41.9. The molecule has 2 amide bonds. The van der Waals surface area contributed by atoms with E-state index in [2.05, 4.69) is 31.6 Å². The number of aryl methyl sites for hydroxylation is 1. The highest BCUT2D eigenvalue weighted by Gasteiger charge is 2.31. The largest absolute Gasteiger partial charge is 0.371 e. The zero-order chi connectivity index (χ0) is 22.2. The van der Waals surface area contributed by atoms with E-state index in [-0.39, 0.29) is 17.9 Å². The summed E-state index contributed by atoms with van der Waals surface area (Å²) in [5, 5.41) is 11.6. The summed E-state index contributed by atoms with van der Waals surface area (Å²) in [6.07, 6.45) is 2.80. The summed E-state index contributed by atoms with van der Waals surface area (Å²) in [6.45, 7) is 8.28. The van der Waals surface area contributed by atoms with Gasteiger partial charge >= 0.3 is 0 Å². The molecule has 1 aromatic carbocycles. The summed E-state index contributed by atoms with van der Waals surface area (Å²) in [6, 6.07) is 5.82. The molecule has 0 saturated carbocycles. The fraction of sp³-hybridized carbons (Fsp3) is 0.565. The van der Waals surface area contributed by atoms with Crippen LogP contribution < -0.4 is 21.1 Å². The Labute approximate surface area is 186 Å². The minimum absolute atomic E-state index is 0.213. The highest BCUT2D eigenvalue weighted by molar-refractivity contribution is 5.99. The van der Waals surface area contributed by atoms with E-state index < -0.39 is 11.9 Å². The van der Waals surface area contributed by atoms with Crippen molar-refractivity contribution in [2.24, 2.45) is 0 Å². The number of hydrogen-bond donors (Lipinski definition) is 2. The van der Waals surface area contributed by atoms with Crippen molar-refractivity contribution in [3.05, 3.63) is 34.2 Å². The molecule has 0 bridgehead atoms. The van der Waals surface area contributed by atoms with Gasteiger partial charge in [0.25, 0.3) is 11.5 Å². The van der Waals surface area contributed by atoms with Gasteiger partial charge in [0.1, 0.15) is 6.04 Å². The third-order valence-electron chi connectivity index (χ3n) is 7.09. The van der Waals surface area contributed by atoms with Crippen molar-refractivity contribution in [2.45, 2.75) is 44.7 Å². The fourth-order valence-electron chi connectivity index (χ4n) is 5.26. The Morgan fingerprint density at radius 3 is 2.44 bits per heavy atom. The molecule has 0 spiro atoms. The molecule has 2 aromatic rings. The first-order chi connectivity index (χ1) is 15.5. The van der Waals surface area contributed by atoms with E-state index >= 15 is 0 Å². The van der Waals surface area contributed by atoms with E-state index in [0.29, 0.717) is 23.5 Å². The highest BCUT2D eigenvalue weighted by Crippen LogP contribution is 2.27. The van der Waals surface area contributed by atoms with Crippen LogP contribution in [0.4, 0.5) is 5.69 Å². The fourth-order valence-corrected chi connectivity index (χ4v) is 5.26. The normalized spacial score (nSPS) is 23.5. The standard InChI is InChI=1S/C23H30N6O3/c1-15-19-14-17(27-10-6-16(7-11-27)28-12-8-24-9-13-28)2-3-18(19)23(32)29(26-15)20-4-5-21(30)25-22(20)31/h2-3,14,16,20,24H,4-13H2,1H3,(H,25,30,31). The maximum absolute atomic E-state index is 13.1. The van der Waals surface area contributed by atoms with Gasteiger partial charge < -0.3 is 10.2 Å². The summed E-state index contributed by atoms with van der Waals surface area (Å²) >= 11 is 0. The van der Waals surface area contributed by atoms with Gasteiger partial charge in [0, 0.05) is 62.8 Å². The second kappa shape index (κ2) is 8.63. The van der Waals surface area contributed by atoms with Gasteiger partial charge in [-0.25, -0.2) is 4.68 Å². The van der Waals surface area contributed by atoms with Gasteiger partial charge in [-0.2, -0.15) is 5.10 Å². The molecular formula is C23H30N6O3. The lowest BCUT2D eigenvalue weighted by Gasteiger charge is -2.41. The van der Waals surface area contributed by atoms with Gasteiger partial charge in [-0.05, 0) is 44.4 Å². The Kier molecular flexibility index (Phi) is 5.69. The number of nitrogens with zero attached hydrogens (tertiary/aromatic N) is 4. The molecule has 3 fully saturated rings. The molecule has 3 aliphatic rings. The first-order valence-electron chi connectivity index (χ1n) is 11.6. The Balaban J connectivity index is 1.37. The van der Waals surface area contributed by atoms with Crippen LogP contribution in [0.2, 0.25) is 0 Å².